The summed E-state index contributed by atoms with van der Waals surface area (Å²) in [6, 6.07) is 0. The van der Waals surface area contributed by atoms with Crippen LogP contribution in [0.4, 0.5) is 0 Å². The summed E-state index contributed by atoms with van der Waals surface area (Å²) in [5.74, 6) is 0.257. The first-order valence-electron chi connectivity index (χ1n) is 8.60. The molecule has 0 unspecified atom stereocenters. The summed E-state index contributed by atoms with van der Waals surface area (Å²) in [5, 5.41) is 21.5. The van der Waals surface area contributed by atoms with Crippen LogP contribution in [0.25, 0.3) is 0 Å². The second-order valence-electron chi connectivity index (χ2n) is 7.99. The Hall–Kier alpha value is -0.710. The van der Waals surface area contributed by atoms with Gasteiger partial charge in [0.15, 0.2) is 0 Å². The van der Waals surface area contributed by atoms with Gasteiger partial charge in [0.2, 0.25) is 0 Å². The summed E-state index contributed by atoms with van der Waals surface area (Å²) in [7, 11) is 0. The van der Waals surface area contributed by atoms with Gasteiger partial charge < -0.3 is 14.9 Å². The van der Waals surface area contributed by atoms with Gasteiger partial charge in [-0.3, -0.25) is 4.79 Å². The molecule has 4 heteroatoms. The molecule has 4 aliphatic rings. The van der Waals surface area contributed by atoms with E-state index in [9.17, 15) is 15.0 Å². The van der Waals surface area contributed by atoms with E-state index in [0.29, 0.717) is 12.8 Å². The highest BCUT2D eigenvalue weighted by Gasteiger charge is 2.70. The summed E-state index contributed by atoms with van der Waals surface area (Å²) >= 11 is 0. The molecule has 9 atom stereocenters. The van der Waals surface area contributed by atoms with Crippen molar-refractivity contribution in [1.82, 2.24) is 0 Å². The molecule has 0 amide bonds. The van der Waals surface area contributed by atoms with Gasteiger partial charge in [0.05, 0.1) is 18.3 Å². The number of Topliss-reactive ketones (excluding diaryl/α,β-unsaturated/α-hetero) is 1. The maximum atomic E-state index is 12.2. The Kier molecular flexibility index (Phi) is 3.14. The first-order valence-corrected chi connectivity index (χ1v) is 8.60. The van der Waals surface area contributed by atoms with Crippen molar-refractivity contribution in [3.05, 3.63) is 12.2 Å². The topological polar surface area (TPSA) is 66.8 Å². The minimum absolute atomic E-state index is 0.00977. The molecule has 2 aliphatic heterocycles. The number of carbonyl (C=O) groups is 1. The number of ether oxygens (including phenoxy) is 1. The Morgan fingerprint density at radius 1 is 1.36 bits per heavy atom. The fourth-order valence-electron chi connectivity index (χ4n) is 6.18. The lowest BCUT2D eigenvalue weighted by Crippen LogP contribution is -2.57. The number of ketones is 1. The summed E-state index contributed by atoms with van der Waals surface area (Å²) in [6.45, 7) is 7.97. The quantitative estimate of drug-likeness (QED) is 0.724. The van der Waals surface area contributed by atoms with E-state index in [0.717, 1.165) is 18.4 Å². The molecule has 0 aromatic rings. The highest BCUT2D eigenvalue weighted by molar-refractivity contribution is 5.79. The third-order valence-electron chi connectivity index (χ3n) is 7.10. The van der Waals surface area contributed by atoms with E-state index in [1.165, 1.54) is 0 Å². The smallest absolute Gasteiger partial charge is 0.133 e. The molecule has 4 nitrogen and oxygen atoms in total. The lowest BCUT2D eigenvalue weighted by atomic mass is 9.59. The van der Waals surface area contributed by atoms with Crippen LogP contribution in [0.1, 0.15) is 39.5 Å². The molecule has 4 fully saturated rings. The van der Waals surface area contributed by atoms with Crippen molar-refractivity contribution >= 4 is 5.78 Å². The molecule has 2 N–H and O–H groups in total. The maximum absolute atomic E-state index is 12.2. The van der Waals surface area contributed by atoms with Crippen molar-refractivity contribution in [2.75, 3.05) is 0 Å². The van der Waals surface area contributed by atoms with Crippen LogP contribution >= 0.6 is 0 Å². The van der Waals surface area contributed by atoms with Gasteiger partial charge in [0.1, 0.15) is 11.4 Å². The van der Waals surface area contributed by atoms with Crippen LogP contribution in [0.5, 0.6) is 0 Å². The zero-order chi connectivity index (χ0) is 15.8. The number of hydrogen-bond donors (Lipinski definition) is 2. The lowest BCUT2D eigenvalue weighted by Gasteiger charge is -2.52. The number of fused-ring (bicyclic) bond motifs is 4. The van der Waals surface area contributed by atoms with Crippen LogP contribution in [-0.2, 0) is 9.53 Å². The Labute approximate surface area is 131 Å². The van der Waals surface area contributed by atoms with Crippen LogP contribution in [0.15, 0.2) is 12.2 Å². The van der Waals surface area contributed by atoms with Gasteiger partial charge >= 0.3 is 0 Å². The fourth-order valence-corrected chi connectivity index (χ4v) is 6.18. The molecule has 0 radical (unpaired) electrons. The SMILES string of the molecule is C=C1CC[C@H](C(C)=O)[C@H]2[C@H]3O[C@]4(CC[C@H](O)[C@H]4[C@H]12)[C@H](O)[C@H]3C. The van der Waals surface area contributed by atoms with Crippen LogP contribution in [0.2, 0.25) is 0 Å². The van der Waals surface area contributed by atoms with E-state index in [-0.39, 0.29) is 41.5 Å². The molecule has 22 heavy (non-hydrogen) atoms. The van der Waals surface area contributed by atoms with Crippen LogP contribution < -0.4 is 0 Å². The molecule has 1 spiro atoms. The van der Waals surface area contributed by atoms with Crippen LogP contribution in [0.3, 0.4) is 0 Å². The van der Waals surface area contributed by atoms with Crippen molar-refractivity contribution in [2.45, 2.75) is 63.4 Å². The first-order chi connectivity index (χ1) is 10.4. The van der Waals surface area contributed by atoms with Crippen molar-refractivity contribution in [2.24, 2.45) is 29.6 Å². The van der Waals surface area contributed by atoms with Gasteiger partial charge in [-0.05, 0) is 38.5 Å². The third-order valence-corrected chi connectivity index (χ3v) is 7.10. The average Bonchev–Trinajstić information content (AvgIpc) is 2.92. The Morgan fingerprint density at radius 2 is 2.09 bits per heavy atom. The zero-order valence-corrected chi connectivity index (χ0v) is 13.4. The van der Waals surface area contributed by atoms with Gasteiger partial charge in [-0.15, -0.1) is 0 Å². The van der Waals surface area contributed by atoms with E-state index in [2.05, 4.69) is 6.58 Å². The van der Waals surface area contributed by atoms with Crippen molar-refractivity contribution < 1.29 is 19.7 Å². The summed E-state index contributed by atoms with van der Waals surface area (Å²) in [6.07, 6.45) is 1.95. The van der Waals surface area contributed by atoms with E-state index < -0.39 is 17.8 Å². The van der Waals surface area contributed by atoms with Gasteiger partial charge in [-0.25, -0.2) is 0 Å². The minimum atomic E-state index is -0.619. The highest BCUT2D eigenvalue weighted by atomic mass is 16.5. The first kappa shape index (κ1) is 14.9. The lowest BCUT2D eigenvalue weighted by molar-refractivity contribution is -0.198. The van der Waals surface area contributed by atoms with Crippen molar-refractivity contribution in [1.29, 1.82) is 0 Å². The Morgan fingerprint density at radius 3 is 2.77 bits per heavy atom. The molecule has 122 valence electrons. The number of carbonyl (C=O) groups excluding carboxylic acids is 1. The number of aliphatic hydroxyl groups excluding tert-OH is 2. The van der Waals surface area contributed by atoms with Crippen molar-refractivity contribution in [3.63, 3.8) is 0 Å². The van der Waals surface area contributed by atoms with E-state index in [4.69, 9.17) is 4.74 Å². The summed E-state index contributed by atoms with van der Waals surface area (Å²) in [4.78, 5) is 12.2. The van der Waals surface area contributed by atoms with Crippen LogP contribution in [0, 0.1) is 29.6 Å². The predicted octanol–water partition coefficient (Wildman–Crippen LogP) is 1.69. The Bertz CT molecular complexity index is 529. The van der Waals surface area contributed by atoms with Crippen molar-refractivity contribution in [3.8, 4) is 0 Å². The van der Waals surface area contributed by atoms with E-state index >= 15 is 0 Å². The molecule has 0 aromatic heterocycles. The minimum Gasteiger partial charge on any atom is -0.393 e. The van der Waals surface area contributed by atoms with Gasteiger partial charge in [0.25, 0.3) is 0 Å². The Balaban J connectivity index is 1.85. The highest BCUT2D eigenvalue weighted by Crippen LogP contribution is 2.64. The van der Waals surface area contributed by atoms with Gasteiger partial charge in [-0.1, -0.05) is 19.1 Å². The molecule has 2 bridgehead atoms. The van der Waals surface area contributed by atoms with Gasteiger partial charge in [-0.2, -0.15) is 0 Å². The van der Waals surface area contributed by atoms with E-state index in [1.54, 1.807) is 6.92 Å². The molecule has 0 aromatic carbocycles. The molecule has 2 saturated heterocycles. The molecule has 2 saturated carbocycles. The fraction of sp³-hybridized carbons (Fsp3) is 0.833. The van der Waals surface area contributed by atoms with Gasteiger partial charge in [0, 0.05) is 23.7 Å². The molecule has 4 rings (SSSR count). The third kappa shape index (κ3) is 1.61. The normalized spacial score (nSPS) is 56.6. The average molecular weight is 306 g/mol. The standard InChI is InChI=1S/C18H26O4/c1-8-4-5-11(10(3)19)14-13(8)15-12(20)6-7-18(15)17(21)9(2)16(14)22-18/h9,11-17,20-21H,1,4-7H2,2-3H3/t9-,11+,12-,13+,14+,15-,16-,17+,18-/m0/s1. The summed E-state index contributed by atoms with van der Waals surface area (Å²) in [5.41, 5.74) is 0.527. The zero-order valence-electron chi connectivity index (χ0n) is 13.4. The number of rotatable bonds is 1. The monoisotopic (exact) mass is 306 g/mol. The molecular weight excluding hydrogens is 280 g/mol. The van der Waals surface area contributed by atoms with E-state index in [1.807, 2.05) is 6.92 Å². The maximum Gasteiger partial charge on any atom is 0.133 e. The number of hydrogen-bond acceptors (Lipinski definition) is 4. The molecular formula is C18H26O4. The predicted molar refractivity (Wildman–Crippen MR) is 81.0 cm³/mol. The summed E-state index contributed by atoms with van der Waals surface area (Å²) < 4.78 is 6.40. The second kappa shape index (κ2) is 4.65. The molecule has 2 aliphatic carbocycles. The number of aliphatic hydroxyl groups is 2. The molecule has 2 heterocycles. The largest absolute Gasteiger partial charge is 0.393 e. The van der Waals surface area contributed by atoms with Crippen LogP contribution in [-0.4, -0.2) is 39.9 Å². The number of allylic oxidation sites excluding steroid dienone is 1. The second-order valence-corrected chi connectivity index (χ2v) is 7.99.